The molecule has 92 valence electrons. The Bertz CT molecular complexity index is 263. The van der Waals surface area contributed by atoms with Crippen molar-refractivity contribution in [3.05, 3.63) is 0 Å². The summed E-state index contributed by atoms with van der Waals surface area (Å²) in [6, 6.07) is 0. The van der Waals surface area contributed by atoms with Crippen molar-refractivity contribution < 1.29 is 9.00 Å². The van der Waals surface area contributed by atoms with E-state index in [0.717, 1.165) is 25.7 Å². The van der Waals surface area contributed by atoms with Gasteiger partial charge in [0.2, 0.25) is 0 Å². The minimum atomic E-state index is -0.877. The summed E-state index contributed by atoms with van der Waals surface area (Å²) >= 11 is 0. The number of hydrogen-bond acceptors (Lipinski definition) is 2. The molecular formula is C13H22O2S. The van der Waals surface area contributed by atoms with Crippen molar-refractivity contribution in [3.63, 3.8) is 0 Å². The monoisotopic (exact) mass is 242 g/mol. The minimum Gasteiger partial charge on any atom is -0.298 e. The number of rotatable bonds is 4. The molecular weight excluding hydrogens is 220 g/mol. The van der Waals surface area contributed by atoms with E-state index in [1.807, 2.05) is 0 Å². The molecule has 0 aromatic rings. The zero-order chi connectivity index (χ0) is 11.4. The maximum Gasteiger partial charge on any atom is 0.148 e. The first-order valence-electron chi connectivity index (χ1n) is 6.67. The fraction of sp³-hybridized carbons (Fsp3) is 0.923. The summed E-state index contributed by atoms with van der Waals surface area (Å²) in [6.07, 6.45) is 10.3. The maximum absolute atomic E-state index is 12.0. The Balaban J connectivity index is 1.79. The molecule has 0 bridgehead atoms. The van der Waals surface area contributed by atoms with Gasteiger partial charge in [0.05, 0.1) is 5.75 Å². The van der Waals surface area contributed by atoms with Gasteiger partial charge in [-0.3, -0.25) is 9.00 Å². The van der Waals surface area contributed by atoms with E-state index in [0.29, 0.717) is 11.0 Å². The fourth-order valence-corrected chi connectivity index (χ4v) is 4.56. The molecule has 0 radical (unpaired) electrons. The van der Waals surface area contributed by atoms with Crippen LogP contribution in [0.1, 0.15) is 57.8 Å². The second-order valence-corrected chi connectivity index (χ2v) is 6.95. The van der Waals surface area contributed by atoms with E-state index < -0.39 is 10.8 Å². The summed E-state index contributed by atoms with van der Waals surface area (Å²) < 4.78 is 12.0. The molecule has 0 heterocycles. The molecule has 2 aliphatic carbocycles. The molecule has 0 N–H and O–H groups in total. The van der Waals surface area contributed by atoms with Crippen LogP contribution in [0.2, 0.25) is 0 Å². The van der Waals surface area contributed by atoms with Crippen LogP contribution in [0.3, 0.4) is 0 Å². The van der Waals surface area contributed by atoms with Gasteiger partial charge in [-0.05, 0) is 25.7 Å². The van der Waals surface area contributed by atoms with Gasteiger partial charge in [-0.15, -0.1) is 0 Å². The Morgan fingerprint density at radius 3 is 2.12 bits per heavy atom. The molecule has 3 heteroatoms. The van der Waals surface area contributed by atoms with Crippen molar-refractivity contribution in [3.8, 4) is 0 Å². The summed E-state index contributed by atoms with van der Waals surface area (Å²) in [5, 5.41) is 0.326. The van der Waals surface area contributed by atoms with E-state index >= 15 is 0 Å². The van der Waals surface area contributed by atoms with Crippen molar-refractivity contribution in [2.24, 2.45) is 5.92 Å². The van der Waals surface area contributed by atoms with Crippen LogP contribution in [-0.4, -0.2) is 21.0 Å². The predicted molar refractivity (Wildman–Crippen MR) is 66.8 cm³/mol. The predicted octanol–water partition coefficient (Wildman–Crippen LogP) is 2.83. The average Bonchev–Trinajstić information content (AvgIpc) is 2.83. The average molecular weight is 242 g/mol. The minimum absolute atomic E-state index is 0.235. The SMILES string of the molecule is O=C(CS(=O)C1CCCC1)C1CCCCC1. The standard InChI is InChI=1S/C13H22O2S/c14-13(11-6-2-1-3-7-11)10-16(15)12-8-4-5-9-12/h11-12H,1-10H2. The van der Waals surface area contributed by atoms with E-state index in [1.54, 1.807) is 0 Å². The summed E-state index contributed by atoms with van der Waals surface area (Å²) in [7, 11) is -0.877. The van der Waals surface area contributed by atoms with Crippen molar-refractivity contribution in [2.45, 2.75) is 63.0 Å². The van der Waals surface area contributed by atoms with Gasteiger partial charge in [0, 0.05) is 22.0 Å². The van der Waals surface area contributed by atoms with E-state index in [2.05, 4.69) is 0 Å². The second-order valence-electron chi connectivity index (χ2n) is 5.23. The Kier molecular flexibility index (Phi) is 4.56. The molecule has 1 unspecified atom stereocenters. The number of hydrogen-bond donors (Lipinski definition) is 0. The topological polar surface area (TPSA) is 34.1 Å². The van der Waals surface area contributed by atoms with Crippen molar-refractivity contribution >= 4 is 16.6 Å². The van der Waals surface area contributed by atoms with Crippen LogP contribution in [0, 0.1) is 5.92 Å². The highest BCUT2D eigenvalue weighted by Gasteiger charge is 2.27. The first-order chi connectivity index (χ1) is 7.77. The first-order valence-corrected chi connectivity index (χ1v) is 8.05. The largest absolute Gasteiger partial charge is 0.298 e. The summed E-state index contributed by atoms with van der Waals surface area (Å²) in [5.74, 6) is 0.860. The summed E-state index contributed by atoms with van der Waals surface area (Å²) in [6.45, 7) is 0. The van der Waals surface area contributed by atoms with Gasteiger partial charge in [-0.2, -0.15) is 0 Å². The van der Waals surface area contributed by atoms with Crippen LogP contribution in [0.5, 0.6) is 0 Å². The van der Waals surface area contributed by atoms with Gasteiger partial charge in [0.1, 0.15) is 5.78 Å². The van der Waals surface area contributed by atoms with Gasteiger partial charge in [0.25, 0.3) is 0 Å². The van der Waals surface area contributed by atoms with Crippen LogP contribution in [0.25, 0.3) is 0 Å². The number of ketones is 1. The van der Waals surface area contributed by atoms with Crippen molar-refractivity contribution in [2.75, 3.05) is 5.75 Å². The molecule has 1 atom stereocenters. The van der Waals surface area contributed by atoms with E-state index in [1.165, 1.54) is 32.1 Å². The molecule has 2 rings (SSSR count). The molecule has 0 saturated heterocycles. The lowest BCUT2D eigenvalue weighted by Gasteiger charge is -2.20. The molecule has 16 heavy (non-hydrogen) atoms. The van der Waals surface area contributed by atoms with Crippen LogP contribution in [-0.2, 0) is 15.6 Å². The van der Waals surface area contributed by atoms with Gasteiger partial charge >= 0.3 is 0 Å². The summed E-state index contributed by atoms with van der Waals surface area (Å²) in [4.78, 5) is 12.0. The molecule has 0 spiro atoms. The molecule has 2 saturated carbocycles. The van der Waals surface area contributed by atoms with Gasteiger partial charge in [-0.1, -0.05) is 32.1 Å². The smallest absolute Gasteiger partial charge is 0.148 e. The zero-order valence-corrected chi connectivity index (χ0v) is 10.8. The van der Waals surface area contributed by atoms with Crippen LogP contribution >= 0.6 is 0 Å². The number of carbonyl (C=O) groups excluding carboxylic acids is 1. The summed E-state index contributed by atoms with van der Waals surface area (Å²) in [5.41, 5.74) is 0. The van der Waals surface area contributed by atoms with E-state index in [4.69, 9.17) is 0 Å². The number of carbonyl (C=O) groups is 1. The molecule has 0 amide bonds. The lowest BCUT2D eigenvalue weighted by Crippen LogP contribution is -2.26. The van der Waals surface area contributed by atoms with Crippen LogP contribution in [0.4, 0.5) is 0 Å². The highest BCUT2D eigenvalue weighted by Crippen LogP contribution is 2.27. The molecule has 2 fully saturated rings. The fourth-order valence-electron chi connectivity index (χ4n) is 2.95. The van der Waals surface area contributed by atoms with Gasteiger partial charge in [0.15, 0.2) is 0 Å². The quantitative estimate of drug-likeness (QED) is 0.759. The van der Waals surface area contributed by atoms with Crippen molar-refractivity contribution in [1.82, 2.24) is 0 Å². The van der Waals surface area contributed by atoms with Gasteiger partial charge in [-0.25, -0.2) is 0 Å². The lowest BCUT2D eigenvalue weighted by molar-refractivity contribution is -0.121. The molecule has 0 aromatic carbocycles. The third-order valence-electron chi connectivity index (χ3n) is 4.02. The molecule has 2 aliphatic rings. The first kappa shape index (κ1) is 12.3. The lowest BCUT2D eigenvalue weighted by atomic mass is 9.87. The van der Waals surface area contributed by atoms with E-state index in [9.17, 15) is 9.00 Å². The Morgan fingerprint density at radius 1 is 0.938 bits per heavy atom. The molecule has 0 aromatic heterocycles. The second kappa shape index (κ2) is 5.95. The maximum atomic E-state index is 12.0. The van der Waals surface area contributed by atoms with Crippen LogP contribution < -0.4 is 0 Å². The highest BCUT2D eigenvalue weighted by atomic mass is 32.2. The Morgan fingerprint density at radius 2 is 1.50 bits per heavy atom. The third-order valence-corrected chi connectivity index (χ3v) is 5.80. The van der Waals surface area contributed by atoms with Gasteiger partial charge < -0.3 is 0 Å². The third kappa shape index (κ3) is 3.16. The zero-order valence-electron chi connectivity index (χ0n) is 9.95. The normalized spacial score (nSPS) is 25.8. The Labute approximate surface area is 101 Å². The van der Waals surface area contributed by atoms with E-state index in [-0.39, 0.29) is 11.7 Å². The molecule has 2 nitrogen and oxygen atoms in total. The highest BCUT2D eigenvalue weighted by molar-refractivity contribution is 7.86. The van der Waals surface area contributed by atoms with Crippen LogP contribution in [0.15, 0.2) is 0 Å². The number of Topliss-reactive ketones (excluding diaryl/α,β-unsaturated/α-hetero) is 1. The van der Waals surface area contributed by atoms with Crippen molar-refractivity contribution in [1.29, 1.82) is 0 Å². The Hall–Kier alpha value is -0.180. The molecule has 0 aliphatic heterocycles.